The van der Waals surface area contributed by atoms with Crippen molar-refractivity contribution in [3.8, 4) is 66.8 Å². The first-order valence-electron chi connectivity index (χ1n) is 50.2. The molecule has 0 amide bonds. The lowest BCUT2D eigenvalue weighted by molar-refractivity contribution is 0.0962. The van der Waals surface area contributed by atoms with Gasteiger partial charge in [0.15, 0.2) is 0 Å². The largest absolute Gasteiger partial charge is 0.310 e. The standard InChI is InChI=1S/2C69H58N2/c1-67(2,3)69(68(4,5)6)60-46-63(71(50-33-17-10-18-34-50)62-42-26-24-36-53(62)48-29-13-8-14-30-48)55-38-20-22-40-57(55)64(60)65-56-39-21-19-37-54(56)59-45-51(43-44-58(59)66(65)69)70(49-31-15-9-16-32-49)61-41-25-23-35-52(61)47-27-11-7-12-28-47;1-67(2,3)69(68(4,5)6)62-46-63(71(52-31-17-10-18-32-52)53-40-38-49(39-41-53)47-24-11-7-12-25-47)57-35-20-22-37-59(57)64(62)65-58-36-21-19-34-56(58)61-45-55(42-43-60(61)66(65)69)70(51-29-15-9-16-30-51)54-33-23-28-50(44-54)48-26-13-8-14-27-48/h2*7-46H,1-6H3. The molecule has 0 spiro atoms. The van der Waals surface area contributed by atoms with Crippen LogP contribution in [0.4, 0.5) is 68.2 Å². The molecule has 0 aromatic heterocycles. The highest BCUT2D eigenvalue weighted by molar-refractivity contribution is 6.26. The Morgan fingerprint density at radius 3 is 0.796 bits per heavy atom. The fourth-order valence-electron chi connectivity index (χ4n) is 25.7. The molecule has 4 heteroatoms. The molecule has 0 saturated carbocycles. The minimum Gasteiger partial charge on any atom is -0.310 e. The van der Waals surface area contributed by atoms with Crippen molar-refractivity contribution in [1.29, 1.82) is 0 Å². The van der Waals surface area contributed by atoms with E-state index in [1.165, 1.54) is 165 Å². The maximum atomic E-state index is 2.61. The van der Waals surface area contributed by atoms with Crippen LogP contribution in [0.15, 0.2) is 485 Å². The van der Waals surface area contributed by atoms with Gasteiger partial charge in [-0.15, -0.1) is 0 Å². The second-order valence-electron chi connectivity index (χ2n) is 42.6. The quantitative estimate of drug-likeness (QED) is 0.0894. The first kappa shape index (κ1) is 89.5. The number of benzene rings is 22. The van der Waals surface area contributed by atoms with Crippen molar-refractivity contribution < 1.29 is 0 Å². The molecule has 24 rings (SSSR count). The zero-order valence-electron chi connectivity index (χ0n) is 83.0. The smallest absolute Gasteiger partial charge is 0.0543 e. The molecule has 0 aliphatic heterocycles. The van der Waals surface area contributed by atoms with Gasteiger partial charge in [-0.05, 0) is 275 Å². The summed E-state index contributed by atoms with van der Waals surface area (Å²) in [5, 5.41) is 15.2. The number of anilines is 12. The van der Waals surface area contributed by atoms with Crippen LogP contribution in [0.1, 0.15) is 105 Å². The number of fused-ring (bicyclic) bond motifs is 20. The van der Waals surface area contributed by atoms with Crippen LogP contribution >= 0.6 is 0 Å². The van der Waals surface area contributed by atoms with Crippen molar-refractivity contribution in [1.82, 2.24) is 0 Å². The SMILES string of the molecule is CC(C)(C)C1(C(C)(C)C)c2cc(N(c3ccccc3)c3ccc(-c4ccccc4)cc3)c3ccccc3c2-c2c1c1ccc(N(c3ccccc3)c3cccc(-c4ccccc4)c3)cc1c1ccccc21.CC(C)(C)C1(C(C)(C)C)c2cc(N(c3ccccc3)c3ccccc3-c3ccccc3)c3ccccc3c2-c2c1c1ccc(N(c3ccccc3)c3ccccc3-c3ccccc3)cc1c1ccccc21. The molecule has 0 unspecified atom stereocenters. The summed E-state index contributed by atoms with van der Waals surface area (Å²) in [5.74, 6) is 0. The summed E-state index contributed by atoms with van der Waals surface area (Å²) in [6.45, 7) is 29.8. The van der Waals surface area contributed by atoms with E-state index < -0.39 is 10.8 Å². The molecular formula is C138H116N4. The van der Waals surface area contributed by atoms with Gasteiger partial charge in [-0.3, -0.25) is 0 Å². The Hall–Kier alpha value is -16.4. The highest BCUT2D eigenvalue weighted by atomic mass is 15.2. The van der Waals surface area contributed by atoms with Crippen molar-refractivity contribution in [2.75, 3.05) is 19.6 Å². The minimum atomic E-state index is -0.465. The van der Waals surface area contributed by atoms with Crippen LogP contribution < -0.4 is 19.6 Å². The van der Waals surface area contributed by atoms with Crippen LogP contribution in [0.5, 0.6) is 0 Å². The van der Waals surface area contributed by atoms with E-state index >= 15 is 0 Å². The van der Waals surface area contributed by atoms with Gasteiger partial charge in [0.25, 0.3) is 0 Å². The molecular weight excluding hydrogens is 1710 g/mol. The van der Waals surface area contributed by atoms with Gasteiger partial charge in [0.05, 0.1) is 22.7 Å². The Labute approximate surface area is 836 Å². The van der Waals surface area contributed by atoms with Gasteiger partial charge in [0.1, 0.15) is 0 Å². The summed E-state index contributed by atoms with van der Waals surface area (Å²) in [6, 6.07) is 179. The zero-order valence-corrected chi connectivity index (χ0v) is 83.0. The van der Waals surface area contributed by atoms with Crippen LogP contribution in [0.2, 0.25) is 0 Å². The highest BCUT2D eigenvalue weighted by Gasteiger charge is 2.61. The Morgan fingerprint density at radius 1 is 0.148 bits per heavy atom. The topological polar surface area (TPSA) is 13.0 Å². The van der Waals surface area contributed by atoms with E-state index in [1.54, 1.807) is 0 Å². The lowest BCUT2D eigenvalue weighted by Crippen LogP contribution is -2.50. The first-order chi connectivity index (χ1) is 69.1. The van der Waals surface area contributed by atoms with Crippen LogP contribution in [0.3, 0.4) is 0 Å². The number of rotatable bonds is 16. The van der Waals surface area contributed by atoms with Crippen molar-refractivity contribution >= 4 is 133 Å². The molecule has 0 heterocycles. The van der Waals surface area contributed by atoms with E-state index in [0.717, 1.165) is 56.9 Å². The van der Waals surface area contributed by atoms with Crippen molar-refractivity contribution in [3.63, 3.8) is 0 Å². The molecule has 688 valence electrons. The molecule has 0 bridgehead atoms. The highest BCUT2D eigenvalue weighted by Crippen LogP contribution is 2.72. The summed E-state index contributed by atoms with van der Waals surface area (Å²) in [7, 11) is 0. The van der Waals surface area contributed by atoms with Crippen molar-refractivity contribution in [2.24, 2.45) is 21.7 Å². The average molecular weight is 1830 g/mol. The summed E-state index contributed by atoms with van der Waals surface area (Å²) >= 11 is 0. The molecule has 0 fully saturated rings. The predicted molar refractivity (Wildman–Crippen MR) is 609 cm³/mol. The van der Waals surface area contributed by atoms with Gasteiger partial charge in [-0.25, -0.2) is 0 Å². The lowest BCUT2D eigenvalue weighted by atomic mass is 9.49. The van der Waals surface area contributed by atoms with Crippen LogP contribution in [-0.2, 0) is 10.8 Å². The average Bonchev–Trinajstić information content (AvgIpc) is 1.50. The molecule has 2 aliphatic carbocycles. The third-order valence-electron chi connectivity index (χ3n) is 30.6. The van der Waals surface area contributed by atoms with Gasteiger partial charge in [0.2, 0.25) is 0 Å². The second-order valence-corrected chi connectivity index (χ2v) is 42.6. The first-order valence-corrected chi connectivity index (χ1v) is 50.2. The van der Waals surface area contributed by atoms with E-state index in [9.17, 15) is 0 Å². The molecule has 22 aromatic rings. The zero-order chi connectivity index (χ0) is 97.0. The predicted octanol–water partition coefficient (Wildman–Crippen LogP) is 39.6. The molecule has 22 aromatic carbocycles. The van der Waals surface area contributed by atoms with E-state index in [4.69, 9.17) is 0 Å². The maximum Gasteiger partial charge on any atom is 0.0543 e. The van der Waals surface area contributed by atoms with E-state index in [-0.39, 0.29) is 21.7 Å². The van der Waals surface area contributed by atoms with Crippen LogP contribution in [0.25, 0.3) is 131 Å². The van der Waals surface area contributed by atoms with Gasteiger partial charge in [-0.1, -0.05) is 447 Å². The van der Waals surface area contributed by atoms with E-state index in [0.29, 0.717) is 0 Å². The van der Waals surface area contributed by atoms with Crippen LogP contribution in [0, 0.1) is 21.7 Å². The van der Waals surface area contributed by atoms with Crippen molar-refractivity contribution in [2.45, 2.75) is 93.9 Å². The van der Waals surface area contributed by atoms with E-state index in [1.807, 2.05) is 0 Å². The second kappa shape index (κ2) is 35.5. The molecule has 0 saturated heterocycles. The summed E-state index contributed by atoms with van der Waals surface area (Å²) in [5.41, 5.74) is 32.3. The third-order valence-corrected chi connectivity index (χ3v) is 30.6. The molecule has 0 radical (unpaired) electrons. The molecule has 4 nitrogen and oxygen atoms in total. The molecule has 0 N–H and O–H groups in total. The fraction of sp³-hybridized carbons (Fsp3) is 0.130. The Bertz CT molecular complexity index is 8500. The molecule has 142 heavy (non-hydrogen) atoms. The fourth-order valence-corrected chi connectivity index (χ4v) is 25.7. The number of hydrogen-bond acceptors (Lipinski definition) is 4. The van der Waals surface area contributed by atoms with Gasteiger partial charge in [-0.2, -0.15) is 0 Å². The van der Waals surface area contributed by atoms with Gasteiger partial charge < -0.3 is 19.6 Å². The van der Waals surface area contributed by atoms with Crippen LogP contribution in [-0.4, -0.2) is 0 Å². The minimum absolute atomic E-state index is 0.234. The lowest BCUT2D eigenvalue weighted by Gasteiger charge is -2.53. The van der Waals surface area contributed by atoms with Crippen molar-refractivity contribution in [3.05, 3.63) is 508 Å². The Balaban J connectivity index is 0.000000158. The summed E-state index contributed by atoms with van der Waals surface area (Å²) in [6.07, 6.45) is 0. The Kier molecular flexibility index (Phi) is 22.4. The van der Waals surface area contributed by atoms with Gasteiger partial charge in [0, 0.05) is 78.2 Å². The molecule has 2 aliphatic rings. The normalized spacial score (nSPS) is 13.0. The molecule has 0 atom stereocenters. The Morgan fingerprint density at radius 2 is 0.401 bits per heavy atom. The number of para-hydroxylation sites is 6. The number of nitrogens with zero attached hydrogens (tertiary/aromatic N) is 4. The summed E-state index contributed by atoms with van der Waals surface area (Å²) < 4.78 is 0. The monoisotopic (exact) mass is 1830 g/mol. The van der Waals surface area contributed by atoms with E-state index in [2.05, 4.69) is 588 Å². The van der Waals surface area contributed by atoms with Gasteiger partial charge >= 0.3 is 0 Å². The third kappa shape index (κ3) is 14.7. The maximum absolute atomic E-state index is 2.61. The summed E-state index contributed by atoms with van der Waals surface area (Å²) in [4.78, 5) is 9.89. The number of hydrogen-bond donors (Lipinski definition) is 0.